The van der Waals surface area contributed by atoms with Crippen LogP contribution < -0.4 is 0 Å². The first kappa shape index (κ1) is 9.52. The molecule has 1 aliphatic rings. The van der Waals surface area contributed by atoms with Crippen molar-refractivity contribution in [3.8, 4) is 0 Å². The Morgan fingerprint density at radius 1 is 1.67 bits per heavy atom. The maximum Gasteiger partial charge on any atom is 0.317 e. The molecule has 0 aliphatic heterocycles. The summed E-state index contributed by atoms with van der Waals surface area (Å²) in [6, 6.07) is 0.487. The molecule has 1 N–H and O–H groups in total. The Labute approximate surface area is 73.4 Å². The Kier molecular flexibility index (Phi) is 3.09. The lowest BCUT2D eigenvalue weighted by Crippen LogP contribution is -2.36. The van der Waals surface area contributed by atoms with E-state index in [-0.39, 0.29) is 6.54 Å². The topological polar surface area (TPSA) is 40.5 Å². The molecule has 0 aromatic carbocycles. The van der Waals surface area contributed by atoms with Gasteiger partial charge in [-0.05, 0) is 32.2 Å². The van der Waals surface area contributed by atoms with Gasteiger partial charge in [-0.25, -0.2) is 0 Å². The predicted octanol–water partition coefficient (Wildman–Crippen LogP) is 1.19. The summed E-state index contributed by atoms with van der Waals surface area (Å²) in [5.41, 5.74) is 0. The quantitative estimate of drug-likeness (QED) is 0.675. The molecule has 3 heteroatoms. The minimum Gasteiger partial charge on any atom is -0.480 e. The highest BCUT2D eigenvalue weighted by atomic mass is 16.4. The van der Waals surface area contributed by atoms with Gasteiger partial charge in [0.2, 0.25) is 0 Å². The van der Waals surface area contributed by atoms with E-state index >= 15 is 0 Å². The van der Waals surface area contributed by atoms with Gasteiger partial charge < -0.3 is 5.11 Å². The number of likely N-dealkylation sites (N-methyl/N-ethyl adjacent to an activating group) is 1. The van der Waals surface area contributed by atoms with Crippen molar-refractivity contribution in [2.24, 2.45) is 5.92 Å². The number of rotatable bonds is 5. The Balaban J connectivity index is 2.35. The molecule has 12 heavy (non-hydrogen) atoms. The van der Waals surface area contributed by atoms with Gasteiger partial charge in [0, 0.05) is 6.04 Å². The van der Waals surface area contributed by atoms with Gasteiger partial charge in [-0.3, -0.25) is 9.69 Å². The van der Waals surface area contributed by atoms with Crippen molar-refractivity contribution in [3.05, 3.63) is 0 Å². The van der Waals surface area contributed by atoms with Gasteiger partial charge in [0.1, 0.15) is 0 Å². The van der Waals surface area contributed by atoms with Crippen LogP contribution in [0.5, 0.6) is 0 Å². The molecule has 1 atom stereocenters. The van der Waals surface area contributed by atoms with E-state index in [2.05, 4.69) is 6.92 Å². The van der Waals surface area contributed by atoms with Gasteiger partial charge in [-0.15, -0.1) is 0 Å². The summed E-state index contributed by atoms with van der Waals surface area (Å²) in [6.07, 6.45) is 3.62. The molecule has 1 unspecified atom stereocenters. The summed E-state index contributed by atoms with van der Waals surface area (Å²) < 4.78 is 0. The lowest BCUT2D eigenvalue weighted by atomic mass is 10.1. The number of hydrogen-bond acceptors (Lipinski definition) is 2. The van der Waals surface area contributed by atoms with Crippen molar-refractivity contribution in [1.29, 1.82) is 0 Å². The van der Waals surface area contributed by atoms with E-state index in [1.165, 1.54) is 12.8 Å². The van der Waals surface area contributed by atoms with E-state index in [1.807, 2.05) is 11.9 Å². The summed E-state index contributed by atoms with van der Waals surface area (Å²) in [6.45, 7) is 2.30. The van der Waals surface area contributed by atoms with Crippen molar-refractivity contribution in [1.82, 2.24) is 4.90 Å². The van der Waals surface area contributed by atoms with E-state index < -0.39 is 5.97 Å². The summed E-state index contributed by atoms with van der Waals surface area (Å²) in [7, 11) is 1.90. The molecule has 0 heterocycles. The lowest BCUT2D eigenvalue weighted by molar-refractivity contribution is -0.138. The first-order valence-electron chi connectivity index (χ1n) is 4.57. The fourth-order valence-corrected chi connectivity index (χ4v) is 1.82. The number of hydrogen-bond donors (Lipinski definition) is 1. The Morgan fingerprint density at radius 2 is 2.25 bits per heavy atom. The Bertz CT molecular complexity index is 166. The largest absolute Gasteiger partial charge is 0.480 e. The average Bonchev–Trinajstić information content (AvgIpc) is 2.70. The Hall–Kier alpha value is -0.570. The number of carbonyl (C=O) groups is 1. The molecule has 70 valence electrons. The van der Waals surface area contributed by atoms with E-state index in [0.717, 1.165) is 12.3 Å². The maximum absolute atomic E-state index is 10.4. The monoisotopic (exact) mass is 171 g/mol. The number of carboxylic acids is 1. The Morgan fingerprint density at radius 3 is 2.58 bits per heavy atom. The van der Waals surface area contributed by atoms with Crippen LogP contribution >= 0.6 is 0 Å². The van der Waals surface area contributed by atoms with Crippen LogP contribution in [0.15, 0.2) is 0 Å². The van der Waals surface area contributed by atoms with Crippen molar-refractivity contribution in [2.75, 3.05) is 13.6 Å². The number of carboxylic acid groups (broad SMARTS) is 1. The van der Waals surface area contributed by atoms with Crippen LogP contribution in [0.25, 0.3) is 0 Å². The molecule has 0 aromatic rings. The zero-order valence-electron chi connectivity index (χ0n) is 7.79. The normalized spacial score (nSPS) is 19.6. The molecule has 0 saturated heterocycles. The van der Waals surface area contributed by atoms with E-state index in [1.54, 1.807) is 0 Å². The van der Waals surface area contributed by atoms with Crippen LogP contribution in [-0.2, 0) is 4.79 Å². The molecule has 0 radical (unpaired) electrons. The molecular weight excluding hydrogens is 154 g/mol. The highest BCUT2D eigenvalue weighted by molar-refractivity contribution is 5.69. The van der Waals surface area contributed by atoms with Gasteiger partial charge in [0.15, 0.2) is 0 Å². The SMILES string of the molecule is CCC(C1CC1)N(C)CC(=O)O. The average molecular weight is 171 g/mol. The second kappa shape index (κ2) is 3.90. The van der Waals surface area contributed by atoms with Gasteiger partial charge in [-0.1, -0.05) is 6.92 Å². The predicted molar refractivity (Wildman–Crippen MR) is 47.1 cm³/mol. The highest BCUT2D eigenvalue weighted by Crippen LogP contribution is 2.36. The van der Waals surface area contributed by atoms with Crippen molar-refractivity contribution in [2.45, 2.75) is 32.2 Å². The molecule has 1 fully saturated rings. The smallest absolute Gasteiger partial charge is 0.317 e. The molecule has 0 amide bonds. The minimum absolute atomic E-state index is 0.176. The molecule has 1 rings (SSSR count). The van der Waals surface area contributed by atoms with Gasteiger partial charge in [0.05, 0.1) is 6.54 Å². The second-order valence-electron chi connectivity index (χ2n) is 3.62. The standard InChI is InChI=1S/C9H17NO2/c1-3-8(7-4-5-7)10(2)6-9(11)12/h7-8H,3-6H2,1-2H3,(H,11,12). The molecular formula is C9H17NO2. The fourth-order valence-electron chi connectivity index (χ4n) is 1.82. The first-order valence-corrected chi connectivity index (χ1v) is 4.57. The third-order valence-corrected chi connectivity index (χ3v) is 2.54. The first-order chi connectivity index (χ1) is 5.65. The van der Waals surface area contributed by atoms with E-state index in [4.69, 9.17) is 5.11 Å². The summed E-state index contributed by atoms with van der Waals surface area (Å²) in [5, 5.41) is 8.59. The van der Waals surface area contributed by atoms with Crippen LogP contribution in [0, 0.1) is 5.92 Å². The molecule has 0 aromatic heterocycles. The van der Waals surface area contributed by atoms with E-state index in [9.17, 15) is 4.79 Å². The second-order valence-corrected chi connectivity index (χ2v) is 3.62. The van der Waals surface area contributed by atoms with Crippen LogP contribution in [0.2, 0.25) is 0 Å². The van der Waals surface area contributed by atoms with Gasteiger partial charge in [-0.2, -0.15) is 0 Å². The van der Waals surface area contributed by atoms with Crippen molar-refractivity contribution < 1.29 is 9.90 Å². The number of nitrogens with zero attached hydrogens (tertiary/aromatic N) is 1. The molecule has 0 spiro atoms. The zero-order chi connectivity index (χ0) is 9.14. The maximum atomic E-state index is 10.4. The molecule has 3 nitrogen and oxygen atoms in total. The van der Waals surface area contributed by atoms with E-state index in [0.29, 0.717) is 6.04 Å². The lowest BCUT2D eigenvalue weighted by Gasteiger charge is -2.25. The zero-order valence-corrected chi connectivity index (χ0v) is 7.79. The van der Waals surface area contributed by atoms with Crippen LogP contribution in [0.4, 0.5) is 0 Å². The van der Waals surface area contributed by atoms with Crippen molar-refractivity contribution >= 4 is 5.97 Å². The third-order valence-electron chi connectivity index (χ3n) is 2.54. The molecule has 1 aliphatic carbocycles. The fraction of sp³-hybridized carbons (Fsp3) is 0.889. The van der Waals surface area contributed by atoms with Crippen molar-refractivity contribution in [3.63, 3.8) is 0 Å². The minimum atomic E-state index is -0.725. The van der Waals surface area contributed by atoms with Crippen LogP contribution in [0.1, 0.15) is 26.2 Å². The number of aliphatic carboxylic acids is 1. The van der Waals surface area contributed by atoms with Gasteiger partial charge in [0.25, 0.3) is 0 Å². The van der Waals surface area contributed by atoms with Crippen LogP contribution in [-0.4, -0.2) is 35.6 Å². The third kappa shape index (κ3) is 2.48. The highest BCUT2D eigenvalue weighted by Gasteiger charge is 2.32. The molecule has 1 saturated carbocycles. The summed E-state index contributed by atoms with van der Waals surface area (Å²) in [5.74, 6) is 0.0379. The summed E-state index contributed by atoms with van der Waals surface area (Å²) >= 11 is 0. The molecule has 0 bridgehead atoms. The summed E-state index contributed by atoms with van der Waals surface area (Å²) in [4.78, 5) is 12.4. The van der Waals surface area contributed by atoms with Gasteiger partial charge >= 0.3 is 5.97 Å². The van der Waals surface area contributed by atoms with Crippen LogP contribution in [0.3, 0.4) is 0 Å².